The number of hydrogen-bond acceptors (Lipinski definition) is 4. The highest BCUT2D eigenvalue weighted by Gasteiger charge is 2.14. The Labute approximate surface area is 77.6 Å². The lowest BCUT2D eigenvalue weighted by Crippen LogP contribution is -2.31. The predicted octanol–water partition coefficient (Wildman–Crippen LogP) is 0.689. The summed E-state index contributed by atoms with van der Waals surface area (Å²) in [5.74, 6) is -0.634. The monoisotopic (exact) mass is 181 g/mol. The first-order valence-corrected chi connectivity index (χ1v) is 4.04. The maximum atomic E-state index is 7.21. The molecule has 0 aliphatic rings. The van der Waals surface area contributed by atoms with Crippen LogP contribution in [0.4, 0.5) is 0 Å². The second-order valence-electron chi connectivity index (χ2n) is 2.47. The maximum absolute atomic E-state index is 7.21. The third-order valence-corrected chi connectivity index (χ3v) is 1.53. The van der Waals surface area contributed by atoms with Gasteiger partial charge in [0.15, 0.2) is 0 Å². The summed E-state index contributed by atoms with van der Waals surface area (Å²) in [5, 5.41) is 21.2. The molecule has 0 aliphatic carbocycles. The Morgan fingerprint density at radius 3 is 2.46 bits per heavy atom. The van der Waals surface area contributed by atoms with Gasteiger partial charge >= 0.3 is 0 Å². The zero-order valence-corrected chi connectivity index (χ0v) is 7.67. The van der Waals surface area contributed by atoms with Crippen LogP contribution in [0, 0.1) is 22.1 Å². The number of rotatable bonds is 6. The van der Waals surface area contributed by atoms with E-state index in [1.54, 1.807) is 0 Å². The number of nitrogens with two attached hydrogens (primary N) is 1. The SMILES string of the molecule is CCN=C(CC=N)C(C=N)C(=N)N. The van der Waals surface area contributed by atoms with Crippen LogP contribution in [0.1, 0.15) is 13.3 Å². The molecule has 1 atom stereocenters. The highest BCUT2D eigenvalue weighted by atomic mass is 14.8. The molecule has 0 amide bonds. The van der Waals surface area contributed by atoms with Gasteiger partial charge in [-0.1, -0.05) is 0 Å². The van der Waals surface area contributed by atoms with Crippen molar-refractivity contribution < 1.29 is 0 Å². The quantitative estimate of drug-likeness (QED) is 0.351. The van der Waals surface area contributed by atoms with E-state index in [-0.39, 0.29) is 5.84 Å². The van der Waals surface area contributed by atoms with E-state index < -0.39 is 5.92 Å². The summed E-state index contributed by atoms with van der Waals surface area (Å²) in [5.41, 5.74) is 5.90. The Kier molecular flexibility index (Phi) is 5.34. The van der Waals surface area contributed by atoms with Crippen molar-refractivity contribution in [1.82, 2.24) is 0 Å². The summed E-state index contributed by atoms with van der Waals surface area (Å²) in [4.78, 5) is 4.10. The van der Waals surface area contributed by atoms with Gasteiger partial charge in [0.2, 0.25) is 0 Å². The lowest BCUT2D eigenvalue weighted by molar-refractivity contribution is 1.07. The molecule has 0 aliphatic heterocycles. The highest BCUT2D eigenvalue weighted by molar-refractivity contribution is 6.18. The van der Waals surface area contributed by atoms with Crippen LogP contribution in [0.3, 0.4) is 0 Å². The molecule has 0 bridgehead atoms. The standard InChI is InChI=1S/C8H15N5/c1-2-13-7(3-4-9)6(5-10)8(11)12/h4-6,9-10H,2-3H2,1H3,(H3,11,12). The topological polar surface area (TPSA) is 110 Å². The molecule has 0 fully saturated rings. The van der Waals surface area contributed by atoms with Crippen molar-refractivity contribution in [3.63, 3.8) is 0 Å². The van der Waals surface area contributed by atoms with Gasteiger partial charge < -0.3 is 16.6 Å². The number of aliphatic imine (C=N–C) groups is 1. The number of nitrogens with one attached hydrogen (secondary N) is 3. The van der Waals surface area contributed by atoms with E-state index in [4.69, 9.17) is 22.0 Å². The summed E-state index contributed by atoms with van der Waals surface area (Å²) >= 11 is 0. The zero-order chi connectivity index (χ0) is 10.3. The summed E-state index contributed by atoms with van der Waals surface area (Å²) in [6, 6.07) is 0. The Morgan fingerprint density at radius 2 is 2.15 bits per heavy atom. The number of nitrogens with zero attached hydrogens (tertiary/aromatic N) is 1. The average Bonchev–Trinajstić information content (AvgIpc) is 2.05. The van der Waals surface area contributed by atoms with Crippen LogP contribution in [0.25, 0.3) is 0 Å². The van der Waals surface area contributed by atoms with E-state index in [9.17, 15) is 0 Å². The minimum absolute atomic E-state index is 0.0935. The molecule has 72 valence electrons. The Morgan fingerprint density at radius 1 is 1.54 bits per heavy atom. The Hall–Kier alpha value is -1.52. The summed E-state index contributed by atoms with van der Waals surface area (Å²) in [7, 11) is 0. The first-order chi connectivity index (χ1) is 6.17. The van der Waals surface area contributed by atoms with Crippen LogP contribution in [0.2, 0.25) is 0 Å². The maximum Gasteiger partial charge on any atom is 0.105 e. The minimum Gasteiger partial charge on any atom is -0.387 e. The summed E-state index contributed by atoms with van der Waals surface area (Å²) in [6.45, 7) is 2.45. The Balaban J connectivity index is 4.67. The number of amidine groups is 1. The van der Waals surface area contributed by atoms with E-state index in [1.165, 1.54) is 6.21 Å². The molecule has 5 N–H and O–H groups in total. The van der Waals surface area contributed by atoms with Gasteiger partial charge in [-0.25, -0.2) is 0 Å². The molecule has 5 heteroatoms. The molecule has 13 heavy (non-hydrogen) atoms. The zero-order valence-electron chi connectivity index (χ0n) is 7.67. The van der Waals surface area contributed by atoms with Gasteiger partial charge in [0.1, 0.15) is 5.84 Å². The normalized spacial score (nSPS) is 13.5. The van der Waals surface area contributed by atoms with Crippen LogP contribution < -0.4 is 5.73 Å². The van der Waals surface area contributed by atoms with E-state index >= 15 is 0 Å². The van der Waals surface area contributed by atoms with Crippen molar-refractivity contribution in [3.05, 3.63) is 0 Å². The van der Waals surface area contributed by atoms with Gasteiger partial charge in [-0.05, 0) is 6.92 Å². The van der Waals surface area contributed by atoms with Crippen LogP contribution in [0.5, 0.6) is 0 Å². The minimum atomic E-state index is -0.540. The molecular weight excluding hydrogens is 166 g/mol. The van der Waals surface area contributed by atoms with Gasteiger partial charge in [-0.15, -0.1) is 0 Å². The molecule has 0 spiro atoms. The van der Waals surface area contributed by atoms with Gasteiger partial charge in [0.25, 0.3) is 0 Å². The molecule has 0 saturated carbocycles. The van der Waals surface area contributed by atoms with Gasteiger partial charge in [0.05, 0.1) is 5.92 Å². The van der Waals surface area contributed by atoms with Crippen molar-refractivity contribution in [2.75, 3.05) is 6.54 Å². The predicted molar refractivity (Wildman–Crippen MR) is 55.6 cm³/mol. The van der Waals surface area contributed by atoms with Gasteiger partial charge in [0, 0.05) is 31.1 Å². The Bertz CT molecular complexity index is 231. The fourth-order valence-corrected chi connectivity index (χ4v) is 0.963. The molecule has 1 unspecified atom stereocenters. The molecular formula is C8H15N5. The first kappa shape index (κ1) is 11.5. The summed E-state index contributed by atoms with van der Waals surface area (Å²) in [6.07, 6.45) is 2.64. The third kappa shape index (κ3) is 3.59. The van der Waals surface area contributed by atoms with E-state index in [1.807, 2.05) is 6.92 Å². The van der Waals surface area contributed by atoms with E-state index in [2.05, 4.69) is 4.99 Å². The first-order valence-electron chi connectivity index (χ1n) is 4.04. The van der Waals surface area contributed by atoms with E-state index in [0.29, 0.717) is 18.7 Å². The molecule has 0 aromatic carbocycles. The third-order valence-electron chi connectivity index (χ3n) is 1.53. The van der Waals surface area contributed by atoms with Crippen molar-refractivity contribution in [2.24, 2.45) is 16.6 Å². The molecule has 0 heterocycles. The van der Waals surface area contributed by atoms with Crippen LogP contribution in [0.15, 0.2) is 4.99 Å². The molecule has 0 rings (SSSR count). The van der Waals surface area contributed by atoms with Crippen molar-refractivity contribution in [2.45, 2.75) is 13.3 Å². The van der Waals surface area contributed by atoms with Crippen molar-refractivity contribution in [1.29, 1.82) is 16.2 Å². The fourth-order valence-electron chi connectivity index (χ4n) is 0.963. The van der Waals surface area contributed by atoms with E-state index in [0.717, 1.165) is 6.21 Å². The molecule has 0 radical (unpaired) electrons. The lowest BCUT2D eigenvalue weighted by Gasteiger charge is -2.11. The van der Waals surface area contributed by atoms with Crippen molar-refractivity contribution >= 4 is 24.0 Å². The molecule has 5 nitrogen and oxygen atoms in total. The largest absolute Gasteiger partial charge is 0.387 e. The smallest absolute Gasteiger partial charge is 0.105 e. The average molecular weight is 181 g/mol. The fraction of sp³-hybridized carbons (Fsp3) is 0.500. The second kappa shape index (κ2) is 6.05. The number of hydrogen-bond donors (Lipinski definition) is 4. The summed E-state index contributed by atoms with van der Waals surface area (Å²) < 4.78 is 0. The molecule has 0 saturated heterocycles. The van der Waals surface area contributed by atoms with Crippen molar-refractivity contribution in [3.8, 4) is 0 Å². The highest BCUT2D eigenvalue weighted by Crippen LogP contribution is 2.00. The second-order valence-corrected chi connectivity index (χ2v) is 2.47. The van der Waals surface area contributed by atoms with Gasteiger partial charge in [-0.3, -0.25) is 10.4 Å². The lowest BCUT2D eigenvalue weighted by atomic mass is 10.0. The molecule has 0 aromatic rings. The van der Waals surface area contributed by atoms with Gasteiger partial charge in [-0.2, -0.15) is 0 Å². The van der Waals surface area contributed by atoms with Crippen LogP contribution in [-0.4, -0.2) is 30.5 Å². The van der Waals surface area contributed by atoms with Crippen LogP contribution in [-0.2, 0) is 0 Å². The molecule has 0 aromatic heterocycles. The van der Waals surface area contributed by atoms with Crippen LogP contribution >= 0.6 is 0 Å².